The minimum Gasteiger partial charge on any atom is -0.489 e. The van der Waals surface area contributed by atoms with Gasteiger partial charge < -0.3 is 9.47 Å². The number of aryl methyl sites for hydroxylation is 1. The predicted octanol–water partition coefficient (Wildman–Crippen LogP) is 3.66. The number of benzene rings is 2. The lowest BCUT2D eigenvalue weighted by molar-refractivity contribution is 0.316. The number of hydrogen-bond donors (Lipinski definition) is 0. The summed E-state index contributed by atoms with van der Waals surface area (Å²) < 4.78 is 40.1. The number of anilines is 1. The molecule has 158 valence electrons. The second-order valence-corrected chi connectivity index (χ2v) is 10.0. The molecular formula is C21H18N4O4S2. The molecule has 0 unspecified atom stereocenters. The first-order valence-corrected chi connectivity index (χ1v) is 11.7. The standard InChI is InChI=1S/C21H18N4O4S2/c1-13-24-17-5-4-16(10-20(17)30-13)31(26,27)25-7-8-29-19-6-3-14(9-18(19)25)15-11-22-21(28-2)23-12-15/h3-6,9-12H,7-8H2,1-2H3. The first kappa shape index (κ1) is 19.7. The number of sulfonamides is 1. The fourth-order valence-electron chi connectivity index (χ4n) is 3.50. The van der Waals surface area contributed by atoms with Crippen molar-refractivity contribution in [1.29, 1.82) is 0 Å². The first-order valence-electron chi connectivity index (χ1n) is 9.49. The summed E-state index contributed by atoms with van der Waals surface area (Å²) in [4.78, 5) is 12.9. The van der Waals surface area contributed by atoms with Crippen LogP contribution in [0.25, 0.3) is 21.3 Å². The molecule has 0 amide bonds. The maximum absolute atomic E-state index is 13.5. The lowest BCUT2D eigenvalue weighted by Gasteiger charge is -2.31. The Hall–Kier alpha value is -3.24. The number of aromatic nitrogens is 3. The van der Waals surface area contributed by atoms with Crippen LogP contribution < -0.4 is 13.8 Å². The van der Waals surface area contributed by atoms with Crippen LogP contribution in [0.4, 0.5) is 5.69 Å². The quantitative estimate of drug-likeness (QED) is 0.464. The number of hydrogen-bond acceptors (Lipinski definition) is 8. The van der Waals surface area contributed by atoms with Crippen LogP contribution in [0.2, 0.25) is 0 Å². The molecule has 0 bridgehead atoms. The van der Waals surface area contributed by atoms with Crippen molar-refractivity contribution in [3.8, 4) is 22.9 Å². The van der Waals surface area contributed by atoms with Gasteiger partial charge in [0.15, 0.2) is 0 Å². The number of thiazole rings is 1. The van der Waals surface area contributed by atoms with Crippen molar-refractivity contribution in [3.05, 3.63) is 53.8 Å². The van der Waals surface area contributed by atoms with E-state index >= 15 is 0 Å². The summed E-state index contributed by atoms with van der Waals surface area (Å²) in [5.74, 6) is 0.516. The summed E-state index contributed by atoms with van der Waals surface area (Å²) in [5, 5.41) is 0.896. The Bertz CT molecular complexity index is 1380. The number of ether oxygens (including phenoxy) is 2. The van der Waals surface area contributed by atoms with Crippen LogP contribution in [0.1, 0.15) is 5.01 Å². The molecule has 0 aliphatic carbocycles. The lowest BCUT2D eigenvalue weighted by Crippen LogP contribution is -2.37. The van der Waals surface area contributed by atoms with Gasteiger partial charge in [-0.3, -0.25) is 4.31 Å². The molecule has 0 saturated heterocycles. The summed E-state index contributed by atoms with van der Waals surface area (Å²) in [6.45, 7) is 2.40. The van der Waals surface area contributed by atoms with Gasteiger partial charge in [0.25, 0.3) is 10.0 Å². The molecule has 1 aliphatic rings. The van der Waals surface area contributed by atoms with Gasteiger partial charge in [-0.05, 0) is 42.8 Å². The van der Waals surface area contributed by atoms with E-state index in [9.17, 15) is 8.42 Å². The van der Waals surface area contributed by atoms with Gasteiger partial charge in [-0.2, -0.15) is 0 Å². The normalized spacial score (nSPS) is 13.7. The van der Waals surface area contributed by atoms with E-state index in [0.717, 1.165) is 26.4 Å². The van der Waals surface area contributed by atoms with E-state index in [1.165, 1.54) is 22.8 Å². The smallest absolute Gasteiger partial charge is 0.316 e. The third kappa shape index (κ3) is 3.47. The predicted molar refractivity (Wildman–Crippen MR) is 118 cm³/mol. The average Bonchev–Trinajstić information content (AvgIpc) is 3.17. The van der Waals surface area contributed by atoms with Gasteiger partial charge in [0.1, 0.15) is 12.4 Å². The summed E-state index contributed by atoms with van der Waals surface area (Å²) in [6.07, 6.45) is 3.27. The molecule has 31 heavy (non-hydrogen) atoms. The van der Waals surface area contributed by atoms with E-state index in [0.29, 0.717) is 11.4 Å². The second kappa shape index (κ2) is 7.47. The third-order valence-electron chi connectivity index (χ3n) is 4.98. The summed E-state index contributed by atoms with van der Waals surface area (Å²) in [6, 6.07) is 10.7. The van der Waals surface area contributed by atoms with Crippen LogP contribution in [0.3, 0.4) is 0 Å². The summed E-state index contributed by atoms with van der Waals surface area (Å²) in [5.41, 5.74) is 2.81. The van der Waals surface area contributed by atoms with Crippen LogP contribution in [0.5, 0.6) is 11.8 Å². The first-order chi connectivity index (χ1) is 15.0. The van der Waals surface area contributed by atoms with Crippen LogP contribution in [0.15, 0.2) is 53.7 Å². The lowest BCUT2D eigenvalue weighted by atomic mass is 10.1. The molecule has 2 aromatic heterocycles. The Labute approximate surface area is 183 Å². The van der Waals surface area contributed by atoms with E-state index in [2.05, 4.69) is 15.0 Å². The van der Waals surface area contributed by atoms with E-state index < -0.39 is 10.0 Å². The Morgan fingerprint density at radius 2 is 1.90 bits per heavy atom. The molecule has 2 aromatic carbocycles. The molecule has 0 spiro atoms. The van der Waals surface area contributed by atoms with Gasteiger partial charge >= 0.3 is 6.01 Å². The monoisotopic (exact) mass is 454 g/mol. The highest BCUT2D eigenvalue weighted by Crippen LogP contribution is 2.39. The Balaban J connectivity index is 1.57. The zero-order valence-corrected chi connectivity index (χ0v) is 18.4. The zero-order chi connectivity index (χ0) is 21.6. The number of nitrogens with zero attached hydrogens (tertiary/aromatic N) is 4. The van der Waals surface area contributed by atoms with Crippen molar-refractivity contribution in [2.75, 3.05) is 24.6 Å². The molecule has 0 atom stereocenters. The Morgan fingerprint density at radius 1 is 1.10 bits per heavy atom. The largest absolute Gasteiger partial charge is 0.489 e. The number of rotatable bonds is 4. The zero-order valence-electron chi connectivity index (χ0n) is 16.8. The molecule has 1 aliphatic heterocycles. The van der Waals surface area contributed by atoms with Gasteiger partial charge in [0.2, 0.25) is 0 Å². The summed E-state index contributed by atoms with van der Waals surface area (Å²) in [7, 11) is -2.29. The van der Waals surface area contributed by atoms with Crippen molar-refractivity contribution >= 4 is 37.3 Å². The van der Waals surface area contributed by atoms with E-state index in [1.54, 1.807) is 42.7 Å². The van der Waals surface area contributed by atoms with Crippen LogP contribution >= 0.6 is 11.3 Å². The van der Waals surface area contributed by atoms with Crippen molar-refractivity contribution in [2.45, 2.75) is 11.8 Å². The minimum atomic E-state index is -3.79. The Kier molecular flexibility index (Phi) is 4.75. The fourth-order valence-corrected chi connectivity index (χ4v) is 5.92. The highest BCUT2D eigenvalue weighted by molar-refractivity contribution is 7.92. The fraction of sp³-hybridized carbons (Fsp3) is 0.190. The SMILES string of the molecule is COc1ncc(-c2ccc3c(c2)N(S(=O)(=O)c2ccc4nc(C)sc4c2)CCO3)cn1. The highest BCUT2D eigenvalue weighted by Gasteiger charge is 2.31. The molecule has 5 rings (SSSR count). The van der Waals surface area contributed by atoms with E-state index in [4.69, 9.17) is 9.47 Å². The number of methoxy groups -OCH3 is 1. The Morgan fingerprint density at radius 3 is 2.68 bits per heavy atom. The molecule has 8 nitrogen and oxygen atoms in total. The van der Waals surface area contributed by atoms with Crippen LogP contribution in [0, 0.1) is 6.92 Å². The van der Waals surface area contributed by atoms with Crippen molar-refractivity contribution in [2.24, 2.45) is 0 Å². The van der Waals surface area contributed by atoms with Gasteiger partial charge in [-0.25, -0.2) is 23.4 Å². The molecule has 0 fully saturated rings. The highest BCUT2D eigenvalue weighted by atomic mass is 32.2. The van der Waals surface area contributed by atoms with Crippen LogP contribution in [-0.2, 0) is 10.0 Å². The average molecular weight is 455 g/mol. The molecule has 4 aromatic rings. The maximum atomic E-state index is 13.5. The molecule has 3 heterocycles. The topological polar surface area (TPSA) is 94.5 Å². The van der Waals surface area contributed by atoms with Crippen LogP contribution in [-0.4, -0.2) is 43.6 Å². The molecule has 0 N–H and O–H groups in total. The molecule has 0 saturated carbocycles. The second-order valence-electron chi connectivity index (χ2n) is 6.93. The van der Waals surface area contributed by atoms with Gasteiger partial charge in [0, 0.05) is 18.0 Å². The molecule has 10 heteroatoms. The van der Waals surface area contributed by atoms with Gasteiger partial charge in [-0.15, -0.1) is 11.3 Å². The molecular weight excluding hydrogens is 436 g/mol. The van der Waals surface area contributed by atoms with Gasteiger partial charge in [0.05, 0.1) is 39.5 Å². The number of fused-ring (bicyclic) bond motifs is 2. The maximum Gasteiger partial charge on any atom is 0.316 e. The van der Waals surface area contributed by atoms with Crippen molar-refractivity contribution < 1.29 is 17.9 Å². The molecule has 0 radical (unpaired) electrons. The summed E-state index contributed by atoms with van der Waals surface area (Å²) >= 11 is 1.47. The van der Waals surface area contributed by atoms with Crippen molar-refractivity contribution in [3.63, 3.8) is 0 Å². The van der Waals surface area contributed by atoms with Gasteiger partial charge in [-0.1, -0.05) is 6.07 Å². The minimum absolute atomic E-state index is 0.220. The van der Waals surface area contributed by atoms with Crippen molar-refractivity contribution in [1.82, 2.24) is 15.0 Å². The van der Waals surface area contributed by atoms with E-state index in [-0.39, 0.29) is 24.1 Å². The third-order valence-corrected chi connectivity index (χ3v) is 7.72. The van der Waals surface area contributed by atoms with E-state index in [1.807, 2.05) is 13.0 Å².